The molecule has 1 aliphatic rings. The second kappa shape index (κ2) is 10.8. The molecule has 1 aliphatic heterocycles. The number of ether oxygens (including phenoxy) is 1. The zero-order valence-electron chi connectivity index (χ0n) is 12.9. The summed E-state index contributed by atoms with van der Waals surface area (Å²) in [5, 5.41) is 4.70. The minimum absolute atomic E-state index is 0. The second-order valence-corrected chi connectivity index (χ2v) is 5.98. The molecule has 22 heavy (non-hydrogen) atoms. The highest BCUT2D eigenvalue weighted by atomic mass is 35.5. The van der Waals surface area contributed by atoms with E-state index >= 15 is 0 Å². The highest BCUT2D eigenvalue weighted by Crippen LogP contribution is 2.32. The molecule has 2 rings (SSSR count). The predicted octanol–water partition coefficient (Wildman–Crippen LogP) is 4.42. The van der Waals surface area contributed by atoms with Gasteiger partial charge in [0, 0.05) is 29.7 Å². The van der Waals surface area contributed by atoms with Gasteiger partial charge in [0.05, 0.1) is 12.1 Å². The van der Waals surface area contributed by atoms with Crippen molar-refractivity contribution in [1.29, 1.82) is 0 Å². The first-order valence-electron chi connectivity index (χ1n) is 7.12. The summed E-state index contributed by atoms with van der Waals surface area (Å²) >= 11 is 12.2. The fourth-order valence-electron chi connectivity index (χ4n) is 2.89. The van der Waals surface area contributed by atoms with Crippen LogP contribution in [-0.2, 0) is 6.54 Å². The summed E-state index contributed by atoms with van der Waals surface area (Å²) in [5.74, 6) is 0.710. The fourth-order valence-corrected chi connectivity index (χ4v) is 3.50. The second-order valence-electron chi connectivity index (χ2n) is 5.14. The number of halogens is 4. The Labute approximate surface area is 155 Å². The van der Waals surface area contributed by atoms with Gasteiger partial charge in [-0.05, 0) is 38.1 Å². The Kier molecular flexibility index (Phi) is 10.8. The Morgan fingerprint density at radius 3 is 2.68 bits per heavy atom. The smallest absolute Gasteiger partial charge is 0.142 e. The van der Waals surface area contributed by atoms with Crippen molar-refractivity contribution in [3.8, 4) is 5.75 Å². The molecular weight excluding hydrogens is 366 g/mol. The first-order chi connectivity index (χ1) is 9.65. The summed E-state index contributed by atoms with van der Waals surface area (Å²) in [6, 6.07) is 4.26. The summed E-state index contributed by atoms with van der Waals surface area (Å²) in [5.41, 5.74) is 1.01. The van der Waals surface area contributed by atoms with Crippen LogP contribution in [0.2, 0.25) is 10.0 Å². The summed E-state index contributed by atoms with van der Waals surface area (Å²) in [6.07, 6.45) is 2.57. The Morgan fingerprint density at radius 1 is 1.32 bits per heavy atom. The molecule has 0 radical (unpaired) electrons. The van der Waals surface area contributed by atoms with E-state index in [0.29, 0.717) is 21.8 Å². The van der Waals surface area contributed by atoms with E-state index < -0.39 is 0 Å². The van der Waals surface area contributed by atoms with Crippen LogP contribution in [0.15, 0.2) is 12.1 Å². The SMILES string of the molecule is CCN1CCCC1CNCc1cc(Cl)cc(Cl)c1OC.Cl.Cl. The zero-order chi connectivity index (χ0) is 14.5. The molecule has 0 spiro atoms. The van der Waals surface area contributed by atoms with Crippen LogP contribution in [0.5, 0.6) is 5.75 Å². The molecule has 7 heteroatoms. The van der Waals surface area contributed by atoms with Crippen molar-refractivity contribution in [3.63, 3.8) is 0 Å². The average Bonchev–Trinajstić information content (AvgIpc) is 2.86. The van der Waals surface area contributed by atoms with Gasteiger partial charge >= 0.3 is 0 Å². The van der Waals surface area contributed by atoms with Gasteiger partial charge in [-0.1, -0.05) is 30.1 Å². The van der Waals surface area contributed by atoms with Crippen LogP contribution in [0.3, 0.4) is 0 Å². The number of nitrogens with zero attached hydrogens (tertiary/aromatic N) is 1. The topological polar surface area (TPSA) is 24.5 Å². The molecule has 1 heterocycles. The van der Waals surface area contributed by atoms with Gasteiger partial charge in [0.25, 0.3) is 0 Å². The van der Waals surface area contributed by atoms with Crippen molar-refractivity contribution in [2.45, 2.75) is 32.4 Å². The molecular formula is C15H24Cl4N2O. The van der Waals surface area contributed by atoms with Gasteiger partial charge in [-0.25, -0.2) is 0 Å². The van der Waals surface area contributed by atoms with Crippen LogP contribution in [0.1, 0.15) is 25.3 Å². The largest absolute Gasteiger partial charge is 0.495 e. The quantitative estimate of drug-likeness (QED) is 0.779. The third kappa shape index (κ3) is 5.63. The number of likely N-dealkylation sites (N-methyl/N-ethyl adjacent to an activating group) is 1. The van der Waals surface area contributed by atoms with E-state index in [1.54, 1.807) is 13.2 Å². The molecule has 3 nitrogen and oxygen atoms in total. The Morgan fingerprint density at radius 2 is 2.05 bits per heavy atom. The standard InChI is InChI=1S/C15H22Cl2N2O.2ClH/c1-3-19-6-4-5-13(19)10-18-9-11-7-12(16)8-14(17)15(11)20-2;;/h7-8,13,18H,3-6,9-10H2,1-2H3;2*1H. The van der Waals surface area contributed by atoms with E-state index in [-0.39, 0.29) is 24.8 Å². The lowest BCUT2D eigenvalue weighted by molar-refractivity contribution is 0.259. The molecule has 1 atom stereocenters. The number of likely N-dealkylation sites (tertiary alicyclic amines) is 1. The highest BCUT2D eigenvalue weighted by Gasteiger charge is 2.22. The van der Waals surface area contributed by atoms with Gasteiger partial charge in [-0.3, -0.25) is 4.90 Å². The van der Waals surface area contributed by atoms with Crippen molar-refractivity contribution in [2.75, 3.05) is 26.7 Å². The Balaban J connectivity index is 0.00000220. The van der Waals surface area contributed by atoms with Crippen LogP contribution in [0.4, 0.5) is 0 Å². The molecule has 0 aromatic heterocycles. The molecule has 1 saturated heterocycles. The molecule has 1 fully saturated rings. The summed E-state index contributed by atoms with van der Waals surface area (Å²) in [7, 11) is 1.63. The van der Waals surface area contributed by atoms with E-state index in [0.717, 1.165) is 25.2 Å². The van der Waals surface area contributed by atoms with Crippen LogP contribution < -0.4 is 10.1 Å². The van der Waals surface area contributed by atoms with E-state index in [2.05, 4.69) is 17.1 Å². The molecule has 1 unspecified atom stereocenters. The number of methoxy groups -OCH3 is 1. The third-order valence-corrected chi connectivity index (χ3v) is 4.39. The minimum Gasteiger partial charge on any atom is -0.495 e. The monoisotopic (exact) mass is 388 g/mol. The van der Waals surface area contributed by atoms with Crippen LogP contribution in [0.25, 0.3) is 0 Å². The molecule has 0 amide bonds. The Hall–Kier alpha value is 0.1000. The highest BCUT2D eigenvalue weighted by molar-refractivity contribution is 6.35. The van der Waals surface area contributed by atoms with E-state index in [9.17, 15) is 0 Å². The van der Waals surface area contributed by atoms with Crippen molar-refractivity contribution < 1.29 is 4.74 Å². The molecule has 1 aromatic rings. The van der Waals surface area contributed by atoms with Gasteiger partial charge in [-0.15, -0.1) is 24.8 Å². The maximum absolute atomic E-state index is 6.14. The summed E-state index contributed by atoms with van der Waals surface area (Å²) in [4.78, 5) is 2.52. The summed E-state index contributed by atoms with van der Waals surface area (Å²) < 4.78 is 5.35. The van der Waals surface area contributed by atoms with Gasteiger partial charge < -0.3 is 10.1 Å². The van der Waals surface area contributed by atoms with Crippen molar-refractivity contribution >= 4 is 48.0 Å². The number of nitrogens with one attached hydrogen (secondary N) is 1. The van der Waals surface area contributed by atoms with Crippen LogP contribution in [0, 0.1) is 0 Å². The van der Waals surface area contributed by atoms with E-state index in [4.69, 9.17) is 27.9 Å². The zero-order valence-corrected chi connectivity index (χ0v) is 16.0. The number of hydrogen-bond donors (Lipinski definition) is 1. The molecule has 1 aromatic carbocycles. The lowest BCUT2D eigenvalue weighted by atomic mass is 10.1. The normalized spacial score (nSPS) is 17.7. The lowest BCUT2D eigenvalue weighted by Crippen LogP contribution is -2.37. The molecule has 128 valence electrons. The first kappa shape index (κ1) is 22.1. The van der Waals surface area contributed by atoms with Crippen molar-refractivity contribution in [1.82, 2.24) is 10.2 Å². The number of benzene rings is 1. The van der Waals surface area contributed by atoms with Crippen LogP contribution >= 0.6 is 48.0 Å². The van der Waals surface area contributed by atoms with Crippen molar-refractivity contribution in [3.05, 3.63) is 27.7 Å². The average molecular weight is 390 g/mol. The van der Waals surface area contributed by atoms with Gasteiger partial charge in [0.15, 0.2) is 0 Å². The van der Waals surface area contributed by atoms with Gasteiger partial charge in [0.1, 0.15) is 5.75 Å². The molecule has 0 aliphatic carbocycles. The van der Waals surface area contributed by atoms with E-state index in [1.807, 2.05) is 6.07 Å². The van der Waals surface area contributed by atoms with Gasteiger partial charge in [-0.2, -0.15) is 0 Å². The first-order valence-corrected chi connectivity index (χ1v) is 7.88. The molecule has 0 saturated carbocycles. The van der Waals surface area contributed by atoms with E-state index in [1.165, 1.54) is 19.4 Å². The van der Waals surface area contributed by atoms with Gasteiger partial charge in [0.2, 0.25) is 0 Å². The molecule has 0 bridgehead atoms. The third-order valence-electron chi connectivity index (χ3n) is 3.89. The fraction of sp³-hybridized carbons (Fsp3) is 0.600. The number of hydrogen-bond acceptors (Lipinski definition) is 3. The minimum atomic E-state index is 0. The maximum Gasteiger partial charge on any atom is 0.142 e. The lowest BCUT2D eigenvalue weighted by Gasteiger charge is -2.23. The van der Waals surface area contributed by atoms with Crippen LogP contribution in [-0.4, -0.2) is 37.7 Å². The predicted molar refractivity (Wildman–Crippen MR) is 99.5 cm³/mol. The molecule has 1 N–H and O–H groups in total. The Bertz CT molecular complexity index is 459. The number of rotatable bonds is 6. The summed E-state index contributed by atoms with van der Waals surface area (Å²) in [6.45, 7) is 6.27. The van der Waals surface area contributed by atoms with Crippen molar-refractivity contribution in [2.24, 2.45) is 0 Å². The maximum atomic E-state index is 6.14.